The number of hydrogen-bond acceptors (Lipinski definition) is 2. The van der Waals surface area contributed by atoms with Gasteiger partial charge in [0, 0.05) is 35.8 Å². The highest BCUT2D eigenvalue weighted by Gasteiger charge is 2.50. The predicted octanol–water partition coefficient (Wildman–Crippen LogP) is 2.37. The number of para-hydroxylation sites is 1. The largest absolute Gasteiger partial charge is 1.00 e. The van der Waals surface area contributed by atoms with Crippen LogP contribution in [0.4, 0.5) is 10.5 Å². The van der Waals surface area contributed by atoms with Gasteiger partial charge in [-0.25, -0.2) is 4.79 Å². The third-order valence-corrected chi connectivity index (χ3v) is 7.40. The molecule has 4 nitrogen and oxygen atoms in total. The van der Waals surface area contributed by atoms with Gasteiger partial charge in [0.15, 0.2) is 0 Å². The summed E-state index contributed by atoms with van der Waals surface area (Å²) in [6, 6.07) is 19.0. The highest BCUT2D eigenvalue weighted by atomic mass is 79.9. The minimum absolute atomic E-state index is 0. The Kier molecular flexibility index (Phi) is 7.07. The Morgan fingerprint density at radius 2 is 1.62 bits per heavy atom. The molecule has 2 aliphatic heterocycles. The van der Waals surface area contributed by atoms with Gasteiger partial charge in [-0.05, 0) is 23.8 Å². The molecule has 29 heavy (non-hydrogen) atoms. The van der Waals surface area contributed by atoms with E-state index in [2.05, 4.69) is 30.0 Å². The van der Waals surface area contributed by atoms with Crippen LogP contribution < -0.4 is 21.9 Å². The number of hydrogen-bond donors (Lipinski definition) is 0. The van der Waals surface area contributed by atoms with Crippen LogP contribution >= 0.6 is 15.9 Å². The Hall–Kier alpha value is -1.37. The molecule has 2 heterocycles. The maximum absolute atomic E-state index is 13.2. The van der Waals surface area contributed by atoms with Crippen LogP contribution in [0.5, 0.6) is 0 Å². The Morgan fingerprint density at radius 3 is 2.24 bits per heavy atom. The first-order valence-electron chi connectivity index (χ1n) is 10.0. The molecule has 0 radical (unpaired) electrons. The molecule has 0 aromatic heterocycles. The molecule has 6 heteroatoms. The van der Waals surface area contributed by atoms with Crippen LogP contribution in [-0.4, -0.2) is 42.9 Å². The number of nitrogens with zero attached hydrogens (tertiary/aromatic N) is 2. The number of fused-ring (bicyclic) bond motifs is 2. The fraction of sp³-hybridized carbons (Fsp3) is 0.435. The van der Waals surface area contributed by atoms with Crippen molar-refractivity contribution in [1.82, 2.24) is 0 Å². The van der Waals surface area contributed by atoms with Gasteiger partial charge in [0.1, 0.15) is 6.10 Å². The van der Waals surface area contributed by atoms with Crippen molar-refractivity contribution in [2.75, 3.05) is 19.0 Å². The average Bonchev–Trinajstić information content (AvgIpc) is 2.85. The van der Waals surface area contributed by atoms with E-state index >= 15 is 0 Å². The van der Waals surface area contributed by atoms with Crippen molar-refractivity contribution in [3.63, 3.8) is 0 Å². The quantitative estimate of drug-likeness (QED) is 0.576. The maximum atomic E-state index is 13.2. The van der Waals surface area contributed by atoms with Crippen molar-refractivity contribution < 1.29 is 31.0 Å². The predicted molar refractivity (Wildman–Crippen MR) is 115 cm³/mol. The van der Waals surface area contributed by atoms with Gasteiger partial charge in [-0.1, -0.05) is 52.3 Å². The van der Waals surface area contributed by atoms with Gasteiger partial charge in [-0.2, -0.15) is 0 Å². The molecular weight excluding hydrogens is 496 g/mol. The summed E-state index contributed by atoms with van der Waals surface area (Å²) in [5.74, 6) is 0. The molecular formula is C23H28Br2N2O2. The van der Waals surface area contributed by atoms with Gasteiger partial charge < -0.3 is 26.2 Å². The van der Waals surface area contributed by atoms with E-state index in [1.807, 2.05) is 54.6 Å². The van der Waals surface area contributed by atoms with Crippen LogP contribution in [0.15, 0.2) is 59.1 Å². The molecule has 1 amide bonds. The number of carbonyl (C=O) groups excluding carboxylic acids is 1. The van der Waals surface area contributed by atoms with E-state index in [0.29, 0.717) is 18.6 Å². The molecule has 0 N–H and O–H groups in total. The average molecular weight is 524 g/mol. The Labute approximate surface area is 192 Å². The second-order valence-corrected chi connectivity index (χ2v) is 9.36. The zero-order chi connectivity index (χ0) is 19.7. The van der Waals surface area contributed by atoms with Gasteiger partial charge >= 0.3 is 6.09 Å². The summed E-state index contributed by atoms with van der Waals surface area (Å²) < 4.78 is 8.13. The molecule has 2 bridgehead atoms. The smallest absolute Gasteiger partial charge is 0.414 e. The molecule has 0 aliphatic carbocycles. The highest BCUT2D eigenvalue weighted by molar-refractivity contribution is 9.10. The summed E-state index contributed by atoms with van der Waals surface area (Å²) in [5, 5.41) is 0. The van der Waals surface area contributed by atoms with Gasteiger partial charge in [0.2, 0.25) is 0 Å². The van der Waals surface area contributed by atoms with Crippen molar-refractivity contribution in [1.29, 1.82) is 0 Å². The molecule has 2 aromatic rings. The molecule has 2 aromatic carbocycles. The normalized spacial score (nSPS) is 24.4. The van der Waals surface area contributed by atoms with Crippen LogP contribution in [0.2, 0.25) is 0 Å². The molecule has 2 aliphatic rings. The Bertz CT molecular complexity index is 828. The molecule has 3 atom stereocenters. The van der Waals surface area contributed by atoms with Gasteiger partial charge in [-0.3, -0.25) is 4.90 Å². The SMILES string of the molecule is C[N+]1(C)[C@@H]2CC[C@H]1CC(OC(=O)N(Cc1ccccc1Br)c1ccccc1)C2.[Br-]. The number of carbonyl (C=O) groups is 1. The summed E-state index contributed by atoms with van der Waals surface area (Å²) in [6.45, 7) is 0.478. The Morgan fingerprint density at radius 1 is 1.03 bits per heavy atom. The number of amides is 1. The molecule has 0 saturated carbocycles. The molecule has 2 saturated heterocycles. The Balaban J connectivity index is 0.00000240. The summed E-state index contributed by atoms with van der Waals surface area (Å²) in [4.78, 5) is 15.0. The summed E-state index contributed by atoms with van der Waals surface area (Å²) in [7, 11) is 4.65. The fourth-order valence-electron chi connectivity index (χ4n) is 4.80. The lowest BCUT2D eigenvalue weighted by atomic mass is 9.98. The minimum atomic E-state index is -0.251. The molecule has 4 rings (SSSR count). The van der Waals surface area contributed by atoms with Crippen LogP contribution in [0.1, 0.15) is 31.2 Å². The number of anilines is 1. The highest BCUT2D eigenvalue weighted by Crippen LogP contribution is 2.40. The first kappa shape index (κ1) is 22.3. The lowest BCUT2D eigenvalue weighted by Gasteiger charge is -2.44. The number of benzene rings is 2. The number of quaternary nitrogens is 1. The van der Waals surface area contributed by atoms with Crippen molar-refractivity contribution in [2.24, 2.45) is 0 Å². The second kappa shape index (κ2) is 9.19. The zero-order valence-electron chi connectivity index (χ0n) is 16.9. The number of piperidine rings is 1. The van der Waals surface area contributed by atoms with Crippen LogP contribution in [0.3, 0.4) is 0 Å². The summed E-state index contributed by atoms with van der Waals surface area (Å²) >= 11 is 3.60. The lowest BCUT2D eigenvalue weighted by Crippen LogP contribution is -3.00. The maximum Gasteiger partial charge on any atom is 0.414 e. The van der Waals surface area contributed by atoms with E-state index in [0.717, 1.165) is 33.0 Å². The molecule has 156 valence electrons. The second-order valence-electron chi connectivity index (χ2n) is 8.50. The molecule has 2 fully saturated rings. The number of halogens is 2. The zero-order valence-corrected chi connectivity index (χ0v) is 20.1. The van der Waals surface area contributed by atoms with Crippen LogP contribution in [-0.2, 0) is 11.3 Å². The van der Waals surface area contributed by atoms with Crippen molar-refractivity contribution >= 4 is 27.7 Å². The number of rotatable bonds is 4. The van der Waals surface area contributed by atoms with Crippen molar-refractivity contribution in [2.45, 2.75) is 50.4 Å². The summed E-state index contributed by atoms with van der Waals surface area (Å²) in [5.41, 5.74) is 1.92. The van der Waals surface area contributed by atoms with Gasteiger partial charge in [-0.15, -0.1) is 0 Å². The standard InChI is InChI=1S/C23H28BrN2O2.BrH/c1-26(2)19-12-13-20(26)15-21(14-19)28-23(27)25(18-9-4-3-5-10-18)16-17-8-6-7-11-22(17)24;/h3-11,19-21H,12-16H2,1-2H3;1H/q+1;/p-1/t19-,20+,21?;. The van der Waals surface area contributed by atoms with E-state index in [-0.39, 0.29) is 29.2 Å². The first-order valence-corrected chi connectivity index (χ1v) is 10.8. The molecule has 1 unspecified atom stereocenters. The van der Waals surface area contributed by atoms with Gasteiger partial charge in [0.05, 0.1) is 32.7 Å². The van der Waals surface area contributed by atoms with E-state index in [9.17, 15) is 4.79 Å². The van der Waals surface area contributed by atoms with E-state index < -0.39 is 0 Å². The van der Waals surface area contributed by atoms with Crippen LogP contribution in [0, 0.1) is 0 Å². The summed E-state index contributed by atoms with van der Waals surface area (Å²) in [6.07, 6.45) is 4.18. The van der Waals surface area contributed by atoms with E-state index in [1.165, 1.54) is 12.8 Å². The van der Waals surface area contributed by atoms with E-state index in [4.69, 9.17) is 4.74 Å². The topological polar surface area (TPSA) is 29.5 Å². The fourth-order valence-corrected chi connectivity index (χ4v) is 5.21. The van der Waals surface area contributed by atoms with E-state index in [1.54, 1.807) is 4.90 Å². The lowest BCUT2D eigenvalue weighted by molar-refractivity contribution is -0.931. The number of ether oxygens (including phenoxy) is 1. The van der Waals surface area contributed by atoms with Crippen molar-refractivity contribution in [3.8, 4) is 0 Å². The first-order chi connectivity index (χ1) is 13.4. The van der Waals surface area contributed by atoms with Crippen molar-refractivity contribution in [3.05, 3.63) is 64.6 Å². The third-order valence-electron chi connectivity index (χ3n) is 6.63. The monoisotopic (exact) mass is 522 g/mol. The van der Waals surface area contributed by atoms with Crippen LogP contribution in [0.25, 0.3) is 0 Å². The van der Waals surface area contributed by atoms with Gasteiger partial charge in [0.25, 0.3) is 0 Å². The third kappa shape index (κ3) is 4.70. The minimum Gasteiger partial charge on any atom is -1.00 e. The molecule has 0 spiro atoms.